The highest BCUT2D eigenvalue weighted by Gasteiger charge is 2.24. The van der Waals surface area contributed by atoms with E-state index >= 15 is 0 Å². The number of fused-ring (bicyclic) bond motifs is 2. The number of anilines is 2. The number of hydrogen-bond acceptors (Lipinski definition) is 7. The first-order valence-corrected chi connectivity index (χ1v) is 9.11. The standard InChI is InChI=1S/C21H16N4O4/c1-11-10-15(26)16(20(28)29-11)13-6-8-22-18-17(13)19(27)24-21(23-18)25-9-7-12-4-2-3-5-14(12)25/h2-6,8,10,26H,7,9H2,1H3,(H,22,23,24,27). The van der Waals surface area contributed by atoms with Gasteiger partial charge in [-0.3, -0.25) is 9.78 Å². The second-order valence-corrected chi connectivity index (χ2v) is 6.88. The molecule has 4 heterocycles. The van der Waals surface area contributed by atoms with Crippen LogP contribution in [0.1, 0.15) is 11.3 Å². The fraction of sp³-hybridized carbons (Fsp3) is 0.143. The average molecular weight is 388 g/mol. The van der Waals surface area contributed by atoms with E-state index < -0.39 is 11.2 Å². The molecular formula is C21H16N4O4. The molecule has 1 aliphatic heterocycles. The van der Waals surface area contributed by atoms with Crippen LogP contribution in [0.5, 0.6) is 5.75 Å². The van der Waals surface area contributed by atoms with Crippen LogP contribution in [0.2, 0.25) is 0 Å². The summed E-state index contributed by atoms with van der Waals surface area (Å²) in [5, 5.41) is 10.4. The lowest BCUT2D eigenvalue weighted by molar-refractivity contribution is 0.438. The summed E-state index contributed by atoms with van der Waals surface area (Å²) in [5.74, 6) is 0.400. The molecule has 0 radical (unpaired) electrons. The summed E-state index contributed by atoms with van der Waals surface area (Å²) in [4.78, 5) is 38.8. The van der Waals surface area contributed by atoms with E-state index in [-0.39, 0.29) is 33.7 Å². The number of benzene rings is 1. The smallest absolute Gasteiger partial charge is 0.347 e. The van der Waals surface area contributed by atoms with Crippen molar-refractivity contribution in [3.63, 3.8) is 0 Å². The Morgan fingerprint density at radius 2 is 2.03 bits per heavy atom. The van der Waals surface area contributed by atoms with Gasteiger partial charge in [-0.2, -0.15) is 4.98 Å². The Balaban J connectivity index is 1.72. The number of aryl methyl sites for hydroxylation is 1. The van der Waals surface area contributed by atoms with Crippen molar-refractivity contribution in [1.29, 1.82) is 0 Å². The number of rotatable bonds is 2. The number of para-hydroxylation sites is 1. The monoisotopic (exact) mass is 388 g/mol. The van der Waals surface area contributed by atoms with Gasteiger partial charge in [0.15, 0.2) is 5.65 Å². The van der Waals surface area contributed by atoms with Crippen LogP contribution in [0.4, 0.5) is 11.6 Å². The molecule has 0 unspecified atom stereocenters. The summed E-state index contributed by atoms with van der Waals surface area (Å²) in [7, 11) is 0. The molecule has 0 bridgehead atoms. The predicted molar refractivity (Wildman–Crippen MR) is 108 cm³/mol. The minimum absolute atomic E-state index is 0.0884. The molecule has 1 aromatic carbocycles. The van der Waals surface area contributed by atoms with Crippen molar-refractivity contribution in [1.82, 2.24) is 15.0 Å². The first-order chi connectivity index (χ1) is 14.0. The van der Waals surface area contributed by atoms with E-state index in [2.05, 4.69) is 15.0 Å². The summed E-state index contributed by atoms with van der Waals surface area (Å²) >= 11 is 0. The first-order valence-electron chi connectivity index (χ1n) is 9.11. The Labute approximate surface area is 164 Å². The second-order valence-electron chi connectivity index (χ2n) is 6.88. The van der Waals surface area contributed by atoms with Crippen molar-refractivity contribution in [2.45, 2.75) is 13.3 Å². The molecule has 2 N–H and O–H groups in total. The third-order valence-electron chi connectivity index (χ3n) is 5.06. The Bertz CT molecular complexity index is 1390. The van der Waals surface area contributed by atoms with Crippen molar-refractivity contribution in [2.24, 2.45) is 0 Å². The van der Waals surface area contributed by atoms with Crippen LogP contribution in [0.15, 0.2) is 56.6 Å². The van der Waals surface area contributed by atoms with Crippen LogP contribution >= 0.6 is 0 Å². The molecule has 0 saturated heterocycles. The Morgan fingerprint density at radius 3 is 2.86 bits per heavy atom. The third-order valence-corrected chi connectivity index (χ3v) is 5.06. The van der Waals surface area contributed by atoms with Gasteiger partial charge in [-0.05, 0) is 31.0 Å². The fourth-order valence-corrected chi connectivity index (χ4v) is 3.79. The van der Waals surface area contributed by atoms with E-state index in [4.69, 9.17) is 4.42 Å². The molecule has 8 heteroatoms. The topological polar surface area (TPSA) is 112 Å². The number of aromatic nitrogens is 3. The number of nitrogens with zero attached hydrogens (tertiary/aromatic N) is 3. The van der Waals surface area contributed by atoms with Gasteiger partial charge in [0.25, 0.3) is 5.56 Å². The zero-order valence-corrected chi connectivity index (χ0v) is 15.5. The van der Waals surface area contributed by atoms with E-state index in [0.717, 1.165) is 12.1 Å². The van der Waals surface area contributed by atoms with Gasteiger partial charge in [0.1, 0.15) is 17.1 Å². The second kappa shape index (κ2) is 6.30. The van der Waals surface area contributed by atoms with Crippen LogP contribution in [-0.2, 0) is 6.42 Å². The van der Waals surface area contributed by atoms with Gasteiger partial charge in [-0.15, -0.1) is 0 Å². The molecule has 0 spiro atoms. The minimum Gasteiger partial charge on any atom is -0.507 e. The van der Waals surface area contributed by atoms with Crippen molar-refractivity contribution in [3.05, 3.63) is 74.7 Å². The van der Waals surface area contributed by atoms with Gasteiger partial charge in [0.2, 0.25) is 5.95 Å². The van der Waals surface area contributed by atoms with E-state index in [9.17, 15) is 14.7 Å². The number of aromatic amines is 1. The summed E-state index contributed by atoms with van der Waals surface area (Å²) in [6, 6.07) is 10.8. The van der Waals surface area contributed by atoms with Crippen LogP contribution in [-0.4, -0.2) is 26.6 Å². The van der Waals surface area contributed by atoms with E-state index in [0.29, 0.717) is 12.5 Å². The molecule has 144 valence electrons. The van der Waals surface area contributed by atoms with Crippen molar-refractivity contribution in [2.75, 3.05) is 11.4 Å². The van der Waals surface area contributed by atoms with Gasteiger partial charge >= 0.3 is 5.63 Å². The first kappa shape index (κ1) is 17.2. The highest BCUT2D eigenvalue weighted by atomic mass is 16.4. The van der Waals surface area contributed by atoms with Crippen LogP contribution in [0.3, 0.4) is 0 Å². The van der Waals surface area contributed by atoms with Crippen molar-refractivity contribution < 1.29 is 9.52 Å². The normalized spacial score (nSPS) is 13.1. The number of hydrogen-bond donors (Lipinski definition) is 2. The molecule has 3 aromatic heterocycles. The zero-order valence-electron chi connectivity index (χ0n) is 15.5. The van der Waals surface area contributed by atoms with Crippen LogP contribution in [0, 0.1) is 6.92 Å². The van der Waals surface area contributed by atoms with Crippen LogP contribution in [0.25, 0.3) is 22.2 Å². The molecule has 0 fully saturated rings. The zero-order chi connectivity index (χ0) is 20.1. The largest absolute Gasteiger partial charge is 0.507 e. The molecule has 1 aliphatic rings. The van der Waals surface area contributed by atoms with E-state index in [1.807, 2.05) is 29.2 Å². The van der Waals surface area contributed by atoms with Gasteiger partial charge < -0.3 is 14.4 Å². The van der Waals surface area contributed by atoms with Crippen molar-refractivity contribution in [3.8, 4) is 16.9 Å². The Kier molecular flexibility index (Phi) is 3.73. The van der Waals surface area contributed by atoms with E-state index in [1.54, 1.807) is 6.92 Å². The SMILES string of the molecule is Cc1cc(O)c(-c2ccnc3nc(N4CCc5ccccc54)[nH]c(=O)c23)c(=O)o1. The Morgan fingerprint density at radius 1 is 1.21 bits per heavy atom. The predicted octanol–water partition coefficient (Wildman–Crippen LogP) is 2.65. The van der Waals surface area contributed by atoms with Gasteiger partial charge in [0, 0.05) is 30.1 Å². The van der Waals surface area contributed by atoms with Crippen LogP contribution < -0.4 is 16.1 Å². The minimum atomic E-state index is -0.730. The molecule has 0 aliphatic carbocycles. The molecule has 0 saturated carbocycles. The van der Waals surface area contributed by atoms with Gasteiger partial charge in [0.05, 0.1) is 5.39 Å². The maximum Gasteiger partial charge on any atom is 0.347 e. The number of nitrogens with one attached hydrogen (secondary N) is 1. The number of aromatic hydroxyl groups is 1. The summed E-state index contributed by atoms with van der Waals surface area (Å²) < 4.78 is 5.10. The quantitative estimate of drug-likeness (QED) is 0.543. The molecule has 5 rings (SSSR count). The maximum absolute atomic E-state index is 13.0. The Hall–Kier alpha value is -3.94. The highest BCUT2D eigenvalue weighted by molar-refractivity contribution is 5.93. The highest BCUT2D eigenvalue weighted by Crippen LogP contribution is 2.33. The lowest BCUT2D eigenvalue weighted by atomic mass is 10.0. The molecule has 29 heavy (non-hydrogen) atoms. The lowest BCUT2D eigenvalue weighted by Crippen LogP contribution is -2.22. The number of pyridine rings is 1. The van der Waals surface area contributed by atoms with Gasteiger partial charge in [-0.1, -0.05) is 18.2 Å². The average Bonchev–Trinajstić information content (AvgIpc) is 3.11. The third kappa shape index (κ3) is 2.68. The fourth-order valence-electron chi connectivity index (χ4n) is 3.79. The summed E-state index contributed by atoms with van der Waals surface area (Å²) in [6.07, 6.45) is 2.30. The molecule has 0 atom stereocenters. The maximum atomic E-state index is 13.0. The summed E-state index contributed by atoms with van der Waals surface area (Å²) in [5.41, 5.74) is 1.31. The molecule has 8 nitrogen and oxygen atoms in total. The number of H-pyrrole nitrogens is 1. The molecule has 4 aromatic rings. The molecule has 0 amide bonds. The van der Waals surface area contributed by atoms with Crippen molar-refractivity contribution >= 4 is 22.7 Å². The summed E-state index contributed by atoms with van der Waals surface area (Å²) in [6.45, 7) is 2.25. The lowest BCUT2D eigenvalue weighted by Gasteiger charge is -2.18. The van der Waals surface area contributed by atoms with E-state index in [1.165, 1.54) is 23.9 Å². The molecular weight excluding hydrogens is 372 g/mol. The van der Waals surface area contributed by atoms with Gasteiger partial charge in [-0.25, -0.2) is 9.78 Å².